The summed E-state index contributed by atoms with van der Waals surface area (Å²) in [6, 6.07) is 9.63. The number of nitrogens with one attached hydrogen (secondary N) is 1. The van der Waals surface area contributed by atoms with Crippen LogP contribution in [0.2, 0.25) is 0 Å². The molecule has 0 bridgehead atoms. The van der Waals surface area contributed by atoms with Gasteiger partial charge in [-0.2, -0.15) is 0 Å². The molecule has 3 aliphatic rings. The van der Waals surface area contributed by atoms with Crippen LogP contribution in [-0.4, -0.2) is 32.1 Å². The Hall–Kier alpha value is -3.06. The first-order chi connectivity index (χ1) is 17.0. The molecule has 2 atom stereocenters. The molecule has 0 amide bonds. The summed E-state index contributed by atoms with van der Waals surface area (Å²) in [4.78, 5) is 28.6. The maximum Gasteiger partial charge on any atom is 0.337 e. The van der Waals surface area contributed by atoms with E-state index in [1.54, 1.807) is 25.6 Å². The van der Waals surface area contributed by atoms with Gasteiger partial charge in [-0.05, 0) is 68.7 Å². The summed E-state index contributed by atoms with van der Waals surface area (Å²) in [5, 5.41) is 5.48. The van der Waals surface area contributed by atoms with Crippen molar-refractivity contribution in [2.45, 2.75) is 63.4 Å². The van der Waals surface area contributed by atoms with Crippen LogP contribution in [0.15, 0.2) is 58.3 Å². The van der Waals surface area contributed by atoms with E-state index in [0.29, 0.717) is 35.5 Å². The first kappa shape index (κ1) is 23.7. The molecule has 1 saturated carbocycles. The molecule has 1 aromatic heterocycles. The van der Waals surface area contributed by atoms with Gasteiger partial charge in [0.15, 0.2) is 5.78 Å². The summed E-state index contributed by atoms with van der Waals surface area (Å²) in [6.45, 7) is 1.90. The van der Waals surface area contributed by atoms with Gasteiger partial charge in [0.25, 0.3) is 0 Å². The smallest absolute Gasteiger partial charge is 0.337 e. The molecule has 35 heavy (non-hydrogen) atoms. The van der Waals surface area contributed by atoms with Crippen LogP contribution in [0.4, 0.5) is 0 Å². The van der Waals surface area contributed by atoms with E-state index in [1.165, 1.54) is 4.88 Å². The molecule has 1 fully saturated rings. The van der Waals surface area contributed by atoms with Gasteiger partial charge in [-0.15, -0.1) is 11.3 Å². The molecular formula is C28H31NO5S. The standard InChI is InChI=1S/C28H31NO5S/c1-16-25(28(31)34-18-7-4-5-8-18)26(20-15-19(32-2)10-11-23(20)33-3)27-21(29-16)13-17(14-22(27)30)24-9-6-12-35-24/h6,9-12,15,17-18,26,29H,4-5,7-8,13-14H2,1-3H3/t17-,26-/m0/s1. The van der Waals surface area contributed by atoms with E-state index in [4.69, 9.17) is 14.2 Å². The van der Waals surface area contributed by atoms with Crippen molar-refractivity contribution in [3.63, 3.8) is 0 Å². The average molecular weight is 494 g/mol. The van der Waals surface area contributed by atoms with Crippen LogP contribution in [0.3, 0.4) is 0 Å². The second-order valence-corrected chi connectivity index (χ2v) is 10.4. The predicted octanol–water partition coefficient (Wildman–Crippen LogP) is 5.61. The highest BCUT2D eigenvalue weighted by Crippen LogP contribution is 2.49. The number of thiophene rings is 1. The molecule has 0 radical (unpaired) electrons. The number of dihydropyridines is 1. The minimum atomic E-state index is -0.581. The normalized spacial score (nSPS) is 22.7. The molecular weight excluding hydrogens is 462 g/mol. The van der Waals surface area contributed by atoms with Crippen molar-refractivity contribution >= 4 is 23.1 Å². The van der Waals surface area contributed by atoms with Gasteiger partial charge >= 0.3 is 5.97 Å². The predicted molar refractivity (Wildman–Crippen MR) is 135 cm³/mol. The Morgan fingerprint density at radius 1 is 1.09 bits per heavy atom. The highest BCUT2D eigenvalue weighted by atomic mass is 32.1. The lowest BCUT2D eigenvalue weighted by Crippen LogP contribution is -2.36. The second-order valence-electron chi connectivity index (χ2n) is 9.45. The average Bonchev–Trinajstić information content (AvgIpc) is 3.57. The number of ketones is 1. The third-order valence-electron chi connectivity index (χ3n) is 7.32. The molecule has 6 nitrogen and oxygen atoms in total. The van der Waals surface area contributed by atoms with Gasteiger partial charge in [-0.1, -0.05) is 6.07 Å². The van der Waals surface area contributed by atoms with Crippen molar-refractivity contribution in [3.05, 3.63) is 68.7 Å². The van der Waals surface area contributed by atoms with E-state index in [2.05, 4.69) is 11.4 Å². The number of rotatable bonds is 6. The Morgan fingerprint density at radius 2 is 1.89 bits per heavy atom. The molecule has 1 aromatic carbocycles. The lowest BCUT2D eigenvalue weighted by Gasteiger charge is -2.37. The van der Waals surface area contributed by atoms with Crippen LogP contribution in [0.1, 0.15) is 67.7 Å². The number of carbonyl (C=O) groups is 2. The molecule has 5 rings (SSSR count). The number of ether oxygens (including phenoxy) is 3. The number of hydrogen-bond acceptors (Lipinski definition) is 7. The van der Waals surface area contributed by atoms with Crippen molar-refractivity contribution in [2.24, 2.45) is 0 Å². The van der Waals surface area contributed by atoms with Crippen molar-refractivity contribution in [2.75, 3.05) is 14.2 Å². The molecule has 2 heterocycles. The summed E-state index contributed by atoms with van der Waals surface area (Å²) in [7, 11) is 3.21. The summed E-state index contributed by atoms with van der Waals surface area (Å²) < 4.78 is 17.2. The monoisotopic (exact) mass is 493 g/mol. The molecule has 1 N–H and O–H groups in total. The maximum atomic E-state index is 13.8. The summed E-state index contributed by atoms with van der Waals surface area (Å²) in [5.41, 5.74) is 3.45. The van der Waals surface area contributed by atoms with Gasteiger partial charge in [-0.25, -0.2) is 4.79 Å². The number of esters is 1. The number of allylic oxidation sites excluding steroid dienone is 3. The molecule has 7 heteroatoms. The van der Waals surface area contributed by atoms with Crippen LogP contribution in [-0.2, 0) is 14.3 Å². The minimum absolute atomic E-state index is 0.0469. The summed E-state index contributed by atoms with van der Waals surface area (Å²) >= 11 is 1.68. The lowest BCUT2D eigenvalue weighted by atomic mass is 9.72. The zero-order valence-electron chi connectivity index (χ0n) is 20.4. The van der Waals surface area contributed by atoms with Crippen molar-refractivity contribution < 1.29 is 23.8 Å². The highest BCUT2D eigenvalue weighted by molar-refractivity contribution is 7.10. The van der Waals surface area contributed by atoms with Crippen LogP contribution in [0.25, 0.3) is 0 Å². The highest BCUT2D eigenvalue weighted by Gasteiger charge is 2.43. The van der Waals surface area contributed by atoms with Crippen LogP contribution >= 0.6 is 11.3 Å². The fraction of sp³-hybridized carbons (Fsp3) is 0.429. The Bertz CT molecular complexity index is 1190. The zero-order valence-corrected chi connectivity index (χ0v) is 21.2. The number of carbonyl (C=O) groups excluding carboxylic acids is 2. The minimum Gasteiger partial charge on any atom is -0.497 e. The van der Waals surface area contributed by atoms with Crippen LogP contribution in [0, 0.1) is 0 Å². The fourth-order valence-electron chi connectivity index (χ4n) is 5.63. The number of benzene rings is 1. The van der Waals surface area contributed by atoms with Gasteiger partial charge in [0.1, 0.15) is 17.6 Å². The van der Waals surface area contributed by atoms with Crippen LogP contribution in [0.5, 0.6) is 11.5 Å². The Labute approximate surface area is 210 Å². The van der Waals surface area contributed by atoms with Crippen molar-refractivity contribution in [1.29, 1.82) is 0 Å². The van der Waals surface area contributed by atoms with E-state index in [0.717, 1.165) is 42.6 Å². The first-order valence-electron chi connectivity index (χ1n) is 12.2. The Kier molecular flexibility index (Phi) is 6.69. The zero-order chi connectivity index (χ0) is 24.5. The summed E-state index contributed by atoms with van der Waals surface area (Å²) in [6.07, 6.45) is 4.96. The SMILES string of the molecule is COc1ccc(OC)c([C@H]2C(C(=O)OC3CCCC3)=C(C)NC3=C2C(=O)C[C@@H](c2cccs2)C3)c1. The molecule has 0 spiro atoms. The fourth-order valence-corrected chi connectivity index (χ4v) is 6.46. The van der Waals surface area contributed by atoms with Crippen molar-refractivity contribution in [1.82, 2.24) is 5.32 Å². The molecule has 2 aromatic rings. The topological polar surface area (TPSA) is 73.9 Å². The molecule has 0 saturated heterocycles. The Morgan fingerprint density at radius 3 is 2.57 bits per heavy atom. The number of hydrogen-bond donors (Lipinski definition) is 1. The van der Waals surface area contributed by atoms with Gasteiger partial charge in [0.05, 0.1) is 25.7 Å². The third-order valence-corrected chi connectivity index (χ3v) is 8.35. The summed E-state index contributed by atoms with van der Waals surface area (Å²) in [5.74, 6) is 0.477. The van der Waals surface area contributed by atoms with E-state index in [1.807, 2.05) is 36.6 Å². The second kappa shape index (κ2) is 9.90. The number of Topliss-reactive ketones (excluding diaryl/α,β-unsaturated/α-hetero) is 1. The van der Waals surface area contributed by atoms with Gasteiger partial charge in [0, 0.05) is 39.7 Å². The quantitative estimate of drug-likeness (QED) is 0.527. The maximum absolute atomic E-state index is 13.8. The van der Waals surface area contributed by atoms with Crippen LogP contribution < -0.4 is 14.8 Å². The van der Waals surface area contributed by atoms with Crippen molar-refractivity contribution in [3.8, 4) is 11.5 Å². The third kappa shape index (κ3) is 4.49. The largest absolute Gasteiger partial charge is 0.497 e. The van der Waals surface area contributed by atoms with Gasteiger partial charge < -0.3 is 19.5 Å². The number of methoxy groups -OCH3 is 2. The Balaban J connectivity index is 1.61. The van der Waals surface area contributed by atoms with E-state index in [9.17, 15) is 9.59 Å². The van der Waals surface area contributed by atoms with E-state index in [-0.39, 0.29) is 23.8 Å². The molecule has 1 aliphatic heterocycles. The molecule has 184 valence electrons. The van der Waals surface area contributed by atoms with E-state index < -0.39 is 5.92 Å². The first-order valence-corrected chi connectivity index (χ1v) is 13.1. The molecule has 0 unspecified atom stereocenters. The van der Waals surface area contributed by atoms with E-state index >= 15 is 0 Å². The molecule has 2 aliphatic carbocycles. The van der Waals surface area contributed by atoms with Gasteiger partial charge in [0.2, 0.25) is 0 Å². The lowest BCUT2D eigenvalue weighted by molar-refractivity contribution is -0.144. The van der Waals surface area contributed by atoms with Gasteiger partial charge in [-0.3, -0.25) is 4.79 Å².